The number of thiophene rings is 1. The van der Waals surface area contributed by atoms with E-state index in [0.29, 0.717) is 5.56 Å². The Morgan fingerprint density at radius 1 is 1.30 bits per heavy atom. The summed E-state index contributed by atoms with van der Waals surface area (Å²) in [6.07, 6.45) is -0.687. The van der Waals surface area contributed by atoms with E-state index in [-0.39, 0.29) is 18.9 Å². The van der Waals surface area contributed by atoms with E-state index < -0.39 is 18.1 Å². The largest absolute Gasteiger partial charge is 0.480 e. The lowest BCUT2D eigenvalue weighted by Crippen LogP contribution is -2.40. The fourth-order valence-corrected chi connectivity index (χ4v) is 3.51. The number of aliphatic hydroxyl groups excluding tert-OH is 1. The van der Waals surface area contributed by atoms with Crippen LogP contribution in [-0.4, -0.2) is 45.7 Å². The summed E-state index contributed by atoms with van der Waals surface area (Å²) < 4.78 is 0.988. The first-order chi connectivity index (χ1) is 9.58. The maximum absolute atomic E-state index is 12.5. The topological polar surface area (TPSA) is 77.8 Å². The lowest BCUT2D eigenvalue weighted by Gasteiger charge is -2.20. The van der Waals surface area contributed by atoms with E-state index in [1.165, 1.54) is 16.2 Å². The Bertz CT molecular complexity index is 681. The van der Waals surface area contributed by atoms with Gasteiger partial charge in [-0.3, -0.25) is 4.79 Å². The smallest absolute Gasteiger partial charge is 0.326 e. The van der Waals surface area contributed by atoms with Gasteiger partial charge in [-0.1, -0.05) is 18.2 Å². The van der Waals surface area contributed by atoms with E-state index >= 15 is 0 Å². The highest BCUT2D eigenvalue weighted by Gasteiger charge is 2.39. The van der Waals surface area contributed by atoms with Gasteiger partial charge in [0.25, 0.3) is 5.91 Å². The summed E-state index contributed by atoms with van der Waals surface area (Å²) in [5.41, 5.74) is 0.506. The number of aliphatic carboxylic acids is 1. The van der Waals surface area contributed by atoms with Crippen LogP contribution in [0.4, 0.5) is 0 Å². The quantitative estimate of drug-likeness (QED) is 0.880. The maximum atomic E-state index is 12.5. The molecule has 0 saturated carbocycles. The van der Waals surface area contributed by atoms with Crippen molar-refractivity contribution in [3.05, 3.63) is 35.2 Å². The molecule has 2 atom stereocenters. The number of likely N-dealkylation sites (tertiary alicyclic amines) is 1. The number of rotatable bonds is 2. The SMILES string of the molecule is O=C(O)C1CC(O)CN1C(=O)c1csc2ccccc12. The Balaban J connectivity index is 1.98. The van der Waals surface area contributed by atoms with E-state index in [2.05, 4.69) is 0 Å². The third-order valence-corrected chi connectivity index (χ3v) is 4.50. The fraction of sp³-hybridized carbons (Fsp3) is 0.286. The highest BCUT2D eigenvalue weighted by Crippen LogP contribution is 2.29. The molecule has 1 saturated heterocycles. The molecule has 6 heteroatoms. The lowest BCUT2D eigenvalue weighted by atomic mass is 10.1. The fourth-order valence-electron chi connectivity index (χ4n) is 2.57. The van der Waals surface area contributed by atoms with Crippen LogP contribution in [0.5, 0.6) is 0 Å². The molecule has 0 spiro atoms. The monoisotopic (exact) mass is 291 g/mol. The molecule has 1 aromatic heterocycles. The van der Waals surface area contributed by atoms with Crippen molar-refractivity contribution in [1.82, 2.24) is 4.90 Å². The normalized spacial score (nSPS) is 22.4. The third-order valence-electron chi connectivity index (χ3n) is 3.54. The van der Waals surface area contributed by atoms with Crippen LogP contribution in [0, 0.1) is 0 Å². The number of benzene rings is 1. The van der Waals surface area contributed by atoms with Gasteiger partial charge in [0.15, 0.2) is 0 Å². The Kier molecular flexibility index (Phi) is 3.19. The zero-order valence-corrected chi connectivity index (χ0v) is 11.3. The van der Waals surface area contributed by atoms with Gasteiger partial charge in [-0.2, -0.15) is 0 Å². The summed E-state index contributed by atoms with van der Waals surface area (Å²) >= 11 is 1.45. The van der Waals surface area contributed by atoms with Crippen LogP contribution < -0.4 is 0 Å². The average Bonchev–Trinajstić information content (AvgIpc) is 3.01. The number of hydrogen-bond donors (Lipinski definition) is 2. The Labute approximate surface area is 119 Å². The van der Waals surface area contributed by atoms with Gasteiger partial charge in [-0.05, 0) is 6.07 Å². The molecule has 1 fully saturated rings. The maximum Gasteiger partial charge on any atom is 0.326 e. The highest BCUT2D eigenvalue weighted by atomic mass is 32.1. The number of aliphatic hydroxyl groups is 1. The van der Waals surface area contributed by atoms with Gasteiger partial charge in [0, 0.05) is 28.4 Å². The van der Waals surface area contributed by atoms with Crippen molar-refractivity contribution in [3.63, 3.8) is 0 Å². The molecule has 104 valence electrons. The minimum Gasteiger partial charge on any atom is -0.480 e. The molecule has 1 aliphatic rings. The van der Waals surface area contributed by atoms with Gasteiger partial charge in [-0.25, -0.2) is 4.79 Å². The number of β-amino-alcohol motifs (C(OH)–C–C–N with tert-alkyl or cyclic N) is 1. The number of nitrogens with zero attached hydrogens (tertiary/aromatic N) is 1. The van der Waals surface area contributed by atoms with E-state index in [4.69, 9.17) is 5.11 Å². The first-order valence-electron chi connectivity index (χ1n) is 6.26. The molecule has 20 heavy (non-hydrogen) atoms. The van der Waals surface area contributed by atoms with Crippen LogP contribution in [0.2, 0.25) is 0 Å². The number of carboxylic acids is 1. The number of carboxylic acid groups (broad SMARTS) is 1. The molecular weight excluding hydrogens is 278 g/mol. The van der Waals surface area contributed by atoms with Gasteiger partial charge in [0.05, 0.1) is 11.7 Å². The van der Waals surface area contributed by atoms with E-state index in [9.17, 15) is 14.7 Å². The van der Waals surface area contributed by atoms with Crippen LogP contribution in [0.25, 0.3) is 10.1 Å². The molecule has 1 aromatic carbocycles. The van der Waals surface area contributed by atoms with E-state index in [1.54, 1.807) is 5.38 Å². The molecule has 1 aliphatic heterocycles. The molecule has 2 heterocycles. The van der Waals surface area contributed by atoms with Gasteiger partial charge in [0.2, 0.25) is 0 Å². The van der Waals surface area contributed by atoms with Crippen LogP contribution in [0.1, 0.15) is 16.8 Å². The minimum absolute atomic E-state index is 0.0694. The van der Waals surface area contributed by atoms with Crippen molar-refractivity contribution in [2.24, 2.45) is 0 Å². The van der Waals surface area contributed by atoms with Gasteiger partial charge in [0.1, 0.15) is 6.04 Å². The molecule has 2 N–H and O–H groups in total. The first kappa shape index (κ1) is 13.1. The predicted molar refractivity (Wildman–Crippen MR) is 74.9 cm³/mol. The molecule has 0 aliphatic carbocycles. The molecule has 0 bridgehead atoms. The second-order valence-corrected chi connectivity index (χ2v) is 5.76. The van der Waals surface area contributed by atoms with Crippen molar-refractivity contribution in [2.45, 2.75) is 18.6 Å². The number of amides is 1. The molecule has 3 rings (SSSR count). The van der Waals surface area contributed by atoms with Crippen LogP contribution in [0.3, 0.4) is 0 Å². The Morgan fingerprint density at radius 3 is 2.80 bits per heavy atom. The molecule has 5 nitrogen and oxygen atoms in total. The Morgan fingerprint density at radius 2 is 2.05 bits per heavy atom. The summed E-state index contributed by atoms with van der Waals surface area (Å²) in [7, 11) is 0. The third kappa shape index (κ3) is 2.07. The number of fused-ring (bicyclic) bond motifs is 1. The molecule has 2 aromatic rings. The zero-order chi connectivity index (χ0) is 14.3. The molecular formula is C14H13NO4S. The van der Waals surface area contributed by atoms with Crippen LogP contribution in [0.15, 0.2) is 29.6 Å². The van der Waals surface area contributed by atoms with Crippen LogP contribution in [-0.2, 0) is 4.79 Å². The number of carbonyl (C=O) groups excluding carboxylic acids is 1. The average molecular weight is 291 g/mol. The molecule has 2 unspecified atom stereocenters. The highest BCUT2D eigenvalue weighted by molar-refractivity contribution is 7.17. The Hall–Kier alpha value is -1.92. The van der Waals surface area contributed by atoms with Gasteiger partial charge >= 0.3 is 5.97 Å². The standard InChI is InChI=1S/C14H13NO4S/c16-8-5-11(14(18)19)15(6-8)13(17)10-7-20-12-4-2-1-3-9(10)12/h1-4,7-8,11,16H,5-6H2,(H,18,19). The summed E-state index contributed by atoms with van der Waals surface area (Å²) in [6, 6.07) is 6.56. The van der Waals surface area contributed by atoms with E-state index in [1.807, 2.05) is 24.3 Å². The summed E-state index contributed by atoms with van der Waals surface area (Å²) in [5, 5.41) is 21.4. The second kappa shape index (κ2) is 4.88. The first-order valence-corrected chi connectivity index (χ1v) is 7.14. The van der Waals surface area contributed by atoms with Crippen molar-refractivity contribution in [2.75, 3.05) is 6.54 Å². The summed E-state index contributed by atoms with van der Waals surface area (Å²) in [5.74, 6) is -1.40. The number of hydrogen-bond acceptors (Lipinski definition) is 4. The summed E-state index contributed by atoms with van der Waals surface area (Å²) in [4.78, 5) is 25.0. The predicted octanol–water partition coefficient (Wildman–Crippen LogP) is 1.56. The minimum atomic E-state index is -1.07. The van der Waals surface area contributed by atoms with Crippen molar-refractivity contribution in [3.8, 4) is 0 Å². The zero-order valence-electron chi connectivity index (χ0n) is 10.5. The molecule has 0 radical (unpaired) electrons. The van der Waals surface area contributed by atoms with Gasteiger partial charge in [-0.15, -0.1) is 11.3 Å². The van der Waals surface area contributed by atoms with Crippen LogP contribution >= 0.6 is 11.3 Å². The second-order valence-electron chi connectivity index (χ2n) is 4.85. The van der Waals surface area contributed by atoms with Gasteiger partial charge < -0.3 is 15.1 Å². The van der Waals surface area contributed by atoms with E-state index in [0.717, 1.165) is 10.1 Å². The van der Waals surface area contributed by atoms with Crippen molar-refractivity contribution >= 4 is 33.3 Å². The lowest BCUT2D eigenvalue weighted by molar-refractivity contribution is -0.141. The summed E-state index contributed by atoms with van der Waals surface area (Å²) in [6.45, 7) is 0.0694. The van der Waals surface area contributed by atoms with Crippen molar-refractivity contribution in [1.29, 1.82) is 0 Å². The molecule has 1 amide bonds. The number of carbonyl (C=O) groups is 2. The van der Waals surface area contributed by atoms with Crippen molar-refractivity contribution < 1.29 is 19.8 Å².